The second kappa shape index (κ2) is 5.50. The zero-order chi connectivity index (χ0) is 13.1. The minimum absolute atomic E-state index is 0.314. The predicted octanol–water partition coefficient (Wildman–Crippen LogP) is 4.47. The van der Waals surface area contributed by atoms with Crippen LogP contribution in [0.25, 0.3) is 0 Å². The van der Waals surface area contributed by atoms with Crippen LogP contribution in [0.2, 0.25) is 5.02 Å². The van der Waals surface area contributed by atoms with Crippen molar-refractivity contribution in [2.75, 3.05) is 0 Å². The Bertz CT molecular complexity index is 574. The largest absolute Gasteiger partial charge is 0.264 e. The SMILES string of the molecule is O=[N+]([O-])C(c1ccccc1)c1cccc(Cl)c1Br. The molecule has 2 aromatic rings. The minimum atomic E-state index is -0.917. The second-order valence-electron chi connectivity index (χ2n) is 3.74. The zero-order valence-electron chi connectivity index (χ0n) is 9.22. The lowest BCUT2D eigenvalue weighted by Gasteiger charge is -2.12. The molecular formula is C13H9BrClNO2. The Balaban J connectivity index is 2.56. The highest BCUT2D eigenvalue weighted by molar-refractivity contribution is 9.10. The first-order valence-electron chi connectivity index (χ1n) is 5.23. The summed E-state index contributed by atoms with van der Waals surface area (Å²) in [6, 6.07) is 13.1. The average molecular weight is 327 g/mol. The monoisotopic (exact) mass is 325 g/mol. The summed E-state index contributed by atoms with van der Waals surface area (Å²) < 4.78 is 0.567. The molecule has 0 heterocycles. The molecule has 0 aromatic heterocycles. The van der Waals surface area contributed by atoms with Gasteiger partial charge in [0.2, 0.25) is 0 Å². The van der Waals surface area contributed by atoms with Crippen LogP contribution in [-0.4, -0.2) is 4.92 Å². The van der Waals surface area contributed by atoms with Gasteiger partial charge in [0, 0.05) is 20.5 Å². The van der Waals surface area contributed by atoms with Crippen LogP contribution in [0, 0.1) is 10.1 Å². The van der Waals surface area contributed by atoms with Crippen molar-refractivity contribution in [3.63, 3.8) is 0 Å². The molecule has 1 atom stereocenters. The summed E-state index contributed by atoms with van der Waals surface area (Å²) in [5, 5.41) is 11.8. The van der Waals surface area contributed by atoms with E-state index >= 15 is 0 Å². The maximum absolute atomic E-state index is 11.3. The van der Waals surface area contributed by atoms with Crippen molar-refractivity contribution < 1.29 is 4.92 Å². The number of hydrogen-bond acceptors (Lipinski definition) is 2. The van der Waals surface area contributed by atoms with Crippen molar-refractivity contribution in [3.05, 3.63) is 79.3 Å². The van der Waals surface area contributed by atoms with Gasteiger partial charge in [-0.3, -0.25) is 10.1 Å². The average Bonchev–Trinajstić information content (AvgIpc) is 2.36. The van der Waals surface area contributed by atoms with Crippen molar-refractivity contribution in [1.82, 2.24) is 0 Å². The topological polar surface area (TPSA) is 43.1 Å². The maximum Gasteiger partial charge on any atom is 0.264 e. The molecule has 0 fully saturated rings. The van der Waals surface area contributed by atoms with Crippen LogP contribution < -0.4 is 0 Å². The van der Waals surface area contributed by atoms with Gasteiger partial charge in [0.15, 0.2) is 0 Å². The van der Waals surface area contributed by atoms with Crippen LogP contribution in [0.1, 0.15) is 17.2 Å². The molecule has 0 aliphatic rings. The maximum atomic E-state index is 11.3. The fourth-order valence-corrected chi connectivity index (χ4v) is 2.44. The highest BCUT2D eigenvalue weighted by Gasteiger charge is 2.27. The highest BCUT2D eigenvalue weighted by Crippen LogP contribution is 2.34. The Labute approximate surface area is 118 Å². The third-order valence-electron chi connectivity index (χ3n) is 2.60. The molecular weight excluding hydrogens is 318 g/mol. The van der Waals surface area contributed by atoms with Crippen molar-refractivity contribution in [2.45, 2.75) is 6.04 Å². The third-order valence-corrected chi connectivity index (χ3v) is 4.03. The molecule has 0 aliphatic carbocycles. The minimum Gasteiger partial charge on any atom is -0.264 e. The second-order valence-corrected chi connectivity index (χ2v) is 4.94. The Morgan fingerprint density at radius 1 is 1.11 bits per heavy atom. The molecule has 5 heteroatoms. The van der Waals surface area contributed by atoms with Gasteiger partial charge in [0.05, 0.1) is 5.02 Å². The molecule has 92 valence electrons. The predicted molar refractivity (Wildman–Crippen MR) is 74.4 cm³/mol. The number of nitrogens with zero attached hydrogens (tertiary/aromatic N) is 1. The van der Waals surface area contributed by atoms with Gasteiger partial charge in [0.1, 0.15) is 0 Å². The highest BCUT2D eigenvalue weighted by atomic mass is 79.9. The van der Waals surface area contributed by atoms with Crippen LogP contribution in [0.4, 0.5) is 0 Å². The van der Waals surface area contributed by atoms with E-state index in [1.807, 2.05) is 6.07 Å². The molecule has 0 amide bonds. The van der Waals surface area contributed by atoms with E-state index in [9.17, 15) is 10.1 Å². The molecule has 0 spiro atoms. The van der Waals surface area contributed by atoms with Crippen LogP contribution in [0.5, 0.6) is 0 Å². The molecule has 0 N–H and O–H groups in total. The fourth-order valence-electron chi connectivity index (χ4n) is 1.78. The first kappa shape index (κ1) is 13.1. The number of hydrogen-bond donors (Lipinski definition) is 0. The molecule has 0 aliphatic heterocycles. The van der Waals surface area contributed by atoms with Gasteiger partial charge in [-0.15, -0.1) is 0 Å². The Kier molecular flexibility index (Phi) is 3.99. The van der Waals surface area contributed by atoms with Gasteiger partial charge in [-0.2, -0.15) is 0 Å². The van der Waals surface area contributed by atoms with Crippen molar-refractivity contribution in [2.24, 2.45) is 0 Å². The molecule has 18 heavy (non-hydrogen) atoms. The van der Waals surface area contributed by atoms with Gasteiger partial charge in [-0.05, 0) is 22.0 Å². The molecule has 2 rings (SSSR count). The molecule has 0 saturated carbocycles. The van der Waals surface area contributed by atoms with Gasteiger partial charge in [0.25, 0.3) is 6.04 Å². The van der Waals surface area contributed by atoms with E-state index in [1.54, 1.807) is 42.5 Å². The normalized spacial score (nSPS) is 12.1. The summed E-state index contributed by atoms with van der Waals surface area (Å²) in [7, 11) is 0. The van der Waals surface area contributed by atoms with Gasteiger partial charge in [-0.1, -0.05) is 54.1 Å². The standard InChI is InChI=1S/C13H9BrClNO2/c14-12-10(7-4-8-11(12)15)13(16(17)18)9-5-2-1-3-6-9/h1-8,13H. The summed E-state index contributed by atoms with van der Waals surface area (Å²) in [5.74, 6) is 0. The van der Waals surface area contributed by atoms with Crippen molar-refractivity contribution in [3.8, 4) is 0 Å². The van der Waals surface area contributed by atoms with Crippen molar-refractivity contribution in [1.29, 1.82) is 0 Å². The molecule has 0 saturated heterocycles. The molecule has 1 unspecified atom stereocenters. The summed E-state index contributed by atoms with van der Waals surface area (Å²) in [6.45, 7) is 0. The number of nitro groups is 1. The van der Waals surface area contributed by atoms with E-state index in [0.717, 1.165) is 0 Å². The van der Waals surface area contributed by atoms with Gasteiger partial charge >= 0.3 is 0 Å². The number of rotatable bonds is 3. The Hall–Kier alpha value is -1.39. The Morgan fingerprint density at radius 2 is 1.78 bits per heavy atom. The lowest BCUT2D eigenvalue weighted by atomic mass is 9.99. The molecule has 0 radical (unpaired) electrons. The quantitative estimate of drug-likeness (QED) is 0.617. The fraction of sp³-hybridized carbons (Fsp3) is 0.0769. The summed E-state index contributed by atoms with van der Waals surface area (Å²) in [4.78, 5) is 11.0. The van der Waals surface area contributed by atoms with Crippen LogP contribution in [0.3, 0.4) is 0 Å². The summed E-state index contributed by atoms with van der Waals surface area (Å²) in [5.41, 5.74) is 1.18. The third kappa shape index (κ3) is 2.54. The first-order valence-corrected chi connectivity index (χ1v) is 6.40. The summed E-state index contributed by atoms with van der Waals surface area (Å²) >= 11 is 9.29. The van der Waals surface area contributed by atoms with Gasteiger partial charge < -0.3 is 0 Å². The first-order chi connectivity index (χ1) is 8.61. The van der Waals surface area contributed by atoms with E-state index in [1.165, 1.54) is 0 Å². The zero-order valence-corrected chi connectivity index (χ0v) is 11.6. The molecule has 2 aromatic carbocycles. The van der Waals surface area contributed by atoms with E-state index in [0.29, 0.717) is 20.6 Å². The van der Waals surface area contributed by atoms with Crippen molar-refractivity contribution >= 4 is 27.5 Å². The van der Waals surface area contributed by atoms with E-state index < -0.39 is 6.04 Å². The lowest BCUT2D eigenvalue weighted by molar-refractivity contribution is -0.517. The van der Waals surface area contributed by atoms with E-state index in [-0.39, 0.29) is 4.92 Å². The van der Waals surface area contributed by atoms with Crippen LogP contribution in [-0.2, 0) is 0 Å². The Morgan fingerprint density at radius 3 is 2.39 bits per heavy atom. The lowest BCUT2D eigenvalue weighted by Crippen LogP contribution is -2.12. The summed E-state index contributed by atoms with van der Waals surface area (Å²) in [6.07, 6.45) is 0. The smallest absolute Gasteiger partial charge is 0.264 e. The van der Waals surface area contributed by atoms with Gasteiger partial charge in [-0.25, -0.2) is 0 Å². The van der Waals surface area contributed by atoms with E-state index in [2.05, 4.69) is 15.9 Å². The number of benzene rings is 2. The van der Waals surface area contributed by atoms with Crippen LogP contribution in [0.15, 0.2) is 53.0 Å². The number of halogens is 2. The van der Waals surface area contributed by atoms with Crippen LogP contribution >= 0.6 is 27.5 Å². The van der Waals surface area contributed by atoms with E-state index in [4.69, 9.17) is 11.6 Å². The molecule has 3 nitrogen and oxygen atoms in total. The molecule has 0 bridgehead atoms.